The Morgan fingerprint density at radius 1 is 1.07 bits per heavy atom. The summed E-state index contributed by atoms with van der Waals surface area (Å²) in [5.41, 5.74) is 2.69. The van der Waals surface area contributed by atoms with E-state index in [1.807, 2.05) is 24.3 Å². The first-order valence-corrected chi connectivity index (χ1v) is 14.7. The molecule has 3 heterocycles. The number of halogens is 1. The maximum Gasteiger partial charge on any atom is 0.296 e. The van der Waals surface area contributed by atoms with Crippen molar-refractivity contribution >= 4 is 32.6 Å². The predicted octanol–water partition coefficient (Wildman–Crippen LogP) is 3.38. The van der Waals surface area contributed by atoms with Crippen LogP contribution in [0.1, 0.15) is 20.3 Å². The summed E-state index contributed by atoms with van der Waals surface area (Å²) in [6.45, 7) is 2.88. The van der Waals surface area contributed by atoms with Crippen molar-refractivity contribution in [3.8, 4) is 28.4 Å². The summed E-state index contributed by atoms with van der Waals surface area (Å²) in [6.07, 6.45) is -1.59. The standard InChI is InChI=1S/C28H30ClN3O7S/c1-28(2,35)15-40(36,37)20-9-7-17(8-10-20)16-3-5-18(6-4-16)25-21(29)12-22-26(31-25)32-27(30-22)39-19-11-23(34)24(13-33)38-14-19/h3-10,12,19,23-24,33-35H,11,13-15H2,1-2H3,(H,30,31,32). The molecule has 1 fully saturated rings. The number of aromatic nitrogens is 3. The molecule has 3 atom stereocenters. The van der Waals surface area contributed by atoms with E-state index in [0.717, 1.165) is 16.7 Å². The normalized spacial score (nSPS) is 20.1. The lowest BCUT2D eigenvalue weighted by Crippen LogP contribution is -2.45. The van der Waals surface area contributed by atoms with Crippen molar-refractivity contribution in [2.75, 3.05) is 19.0 Å². The molecule has 4 N–H and O–H groups in total. The molecule has 1 aliphatic heterocycles. The number of aliphatic hydroxyl groups excluding tert-OH is 2. The van der Waals surface area contributed by atoms with Gasteiger partial charge in [0.15, 0.2) is 15.5 Å². The molecule has 0 bridgehead atoms. The number of benzene rings is 2. The van der Waals surface area contributed by atoms with E-state index < -0.39 is 33.8 Å². The number of nitrogens with one attached hydrogen (secondary N) is 1. The SMILES string of the molecule is CC(C)(O)CS(=O)(=O)c1ccc(-c2ccc(-c3nc4nc(OC5COC(CO)C(O)C5)[nH]c4cc3Cl)cc2)cc1. The molecule has 1 saturated heterocycles. The van der Waals surface area contributed by atoms with Crippen LogP contribution < -0.4 is 4.74 Å². The van der Waals surface area contributed by atoms with Gasteiger partial charge in [0.2, 0.25) is 0 Å². The fraction of sp³-hybridized carbons (Fsp3) is 0.357. The van der Waals surface area contributed by atoms with Crippen molar-refractivity contribution in [3.05, 3.63) is 59.6 Å². The summed E-state index contributed by atoms with van der Waals surface area (Å²) in [4.78, 5) is 12.2. The number of fused-ring (bicyclic) bond motifs is 1. The van der Waals surface area contributed by atoms with Crippen molar-refractivity contribution in [3.63, 3.8) is 0 Å². The summed E-state index contributed by atoms with van der Waals surface area (Å²) in [5, 5.41) is 29.6. The monoisotopic (exact) mass is 587 g/mol. The van der Waals surface area contributed by atoms with E-state index in [9.17, 15) is 23.7 Å². The molecule has 2 aromatic carbocycles. The Balaban J connectivity index is 1.32. The van der Waals surface area contributed by atoms with Gasteiger partial charge in [0.25, 0.3) is 6.01 Å². The highest BCUT2D eigenvalue weighted by Gasteiger charge is 2.31. The molecule has 10 nitrogen and oxygen atoms in total. The van der Waals surface area contributed by atoms with Crippen LogP contribution in [-0.2, 0) is 14.6 Å². The van der Waals surface area contributed by atoms with Gasteiger partial charge in [0.1, 0.15) is 12.2 Å². The van der Waals surface area contributed by atoms with Gasteiger partial charge in [-0.1, -0.05) is 48.0 Å². The van der Waals surface area contributed by atoms with Crippen LogP contribution >= 0.6 is 11.6 Å². The maximum absolute atomic E-state index is 12.5. The lowest BCUT2D eigenvalue weighted by atomic mass is 10.0. The number of hydrogen-bond acceptors (Lipinski definition) is 9. The minimum Gasteiger partial charge on any atom is -0.459 e. The average Bonchev–Trinajstić information content (AvgIpc) is 3.28. The lowest BCUT2D eigenvalue weighted by Gasteiger charge is -2.31. The number of sulfone groups is 1. The molecule has 0 radical (unpaired) electrons. The molecule has 212 valence electrons. The molecule has 12 heteroatoms. The molecule has 3 unspecified atom stereocenters. The minimum absolute atomic E-state index is 0.156. The predicted molar refractivity (Wildman–Crippen MR) is 150 cm³/mol. The first-order chi connectivity index (χ1) is 18.9. The molecule has 4 aromatic rings. The van der Waals surface area contributed by atoms with Gasteiger partial charge in [-0.15, -0.1) is 0 Å². The van der Waals surface area contributed by atoms with Crippen LogP contribution in [0.3, 0.4) is 0 Å². The number of H-pyrrole nitrogens is 1. The van der Waals surface area contributed by atoms with Crippen LogP contribution in [0.4, 0.5) is 0 Å². The number of pyridine rings is 1. The smallest absolute Gasteiger partial charge is 0.296 e. The van der Waals surface area contributed by atoms with Gasteiger partial charge in [-0.2, -0.15) is 4.98 Å². The first kappa shape index (κ1) is 28.5. The first-order valence-electron chi connectivity index (χ1n) is 12.7. The molecular formula is C28H30ClN3O7S. The highest BCUT2D eigenvalue weighted by molar-refractivity contribution is 7.91. The second kappa shape index (κ2) is 11.1. The van der Waals surface area contributed by atoms with Gasteiger partial charge in [-0.05, 0) is 43.2 Å². The topological polar surface area (TPSA) is 155 Å². The van der Waals surface area contributed by atoms with Crippen LogP contribution in [0.15, 0.2) is 59.5 Å². The summed E-state index contributed by atoms with van der Waals surface area (Å²) >= 11 is 6.55. The van der Waals surface area contributed by atoms with Crippen molar-refractivity contribution < 1.29 is 33.2 Å². The molecule has 0 amide bonds. The van der Waals surface area contributed by atoms with Crippen LogP contribution in [0, 0.1) is 0 Å². The number of ether oxygens (including phenoxy) is 2. The third kappa shape index (κ3) is 6.30. The molecular weight excluding hydrogens is 558 g/mol. The zero-order valence-corrected chi connectivity index (χ0v) is 23.5. The summed E-state index contributed by atoms with van der Waals surface area (Å²) in [6, 6.07) is 16.0. The summed E-state index contributed by atoms with van der Waals surface area (Å²) in [7, 11) is -3.61. The summed E-state index contributed by atoms with van der Waals surface area (Å²) < 4.78 is 36.4. The number of hydrogen-bond donors (Lipinski definition) is 4. The van der Waals surface area contributed by atoms with E-state index in [4.69, 9.17) is 21.1 Å². The van der Waals surface area contributed by atoms with Gasteiger partial charge in [-0.3, -0.25) is 0 Å². The molecule has 40 heavy (non-hydrogen) atoms. The van der Waals surface area contributed by atoms with Crippen molar-refractivity contribution in [2.45, 2.75) is 49.1 Å². The van der Waals surface area contributed by atoms with E-state index in [2.05, 4.69) is 15.0 Å². The van der Waals surface area contributed by atoms with Crippen LogP contribution in [-0.4, -0.2) is 81.6 Å². The van der Waals surface area contributed by atoms with Gasteiger partial charge in [0, 0.05) is 12.0 Å². The average molecular weight is 588 g/mol. The quantitative estimate of drug-likeness (QED) is 0.243. The Kier molecular flexibility index (Phi) is 7.88. The zero-order chi connectivity index (χ0) is 28.7. The summed E-state index contributed by atoms with van der Waals surface area (Å²) in [5.74, 6) is -0.362. The highest BCUT2D eigenvalue weighted by Crippen LogP contribution is 2.32. The molecule has 5 rings (SSSR count). The fourth-order valence-electron chi connectivity index (χ4n) is 4.62. The lowest BCUT2D eigenvalue weighted by molar-refractivity contribution is -0.131. The molecule has 1 aliphatic rings. The third-order valence-corrected chi connectivity index (χ3v) is 8.91. The Hall–Kier alpha value is -3.06. The van der Waals surface area contributed by atoms with Gasteiger partial charge < -0.3 is 29.8 Å². The minimum atomic E-state index is -3.61. The van der Waals surface area contributed by atoms with Crippen LogP contribution in [0.2, 0.25) is 5.02 Å². The fourth-order valence-corrected chi connectivity index (χ4v) is 6.53. The molecule has 0 saturated carbocycles. The van der Waals surface area contributed by atoms with E-state index in [0.29, 0.717) is 28.3 Å². The Bertz CT molecular complexity index is 1600. The third-order valence-electron chi connectivity index (χ3n) is 6.54. The van der Waals surface area contributed by atoms with Crippen LogP contribution in [0.5, 0.6) is 6.01 Å². The Morgan fingerprint density at radius 3 is 2.30 bits per heavy atom. The van der Waals surface area contributed by atoms with Crippen molar-refractivity contribution in [2.24, 2.45) is 0 Å². The number of aliphatic hydroxyl groups is 3. The molecule has 2 aromatic heterocycles. The molecule has 0 aliphatic carbocycles. The second-order valence-corrected chi connectivity index (χ2v) is 12.9. The number of rotatable bonds is 8. The number of aromatic amines is 1. The van der Waals surface area contributed by atoms with E-state index in [-0.39, 0.29) is 29.9 Å². The number of imidazole rings is 1. The van der Waals surface area contributed by atoms with E-state index in [1.54, 1.807) is 30.3 Å². The second-order valence-electron chi connectivity index (χ2n) is 10.5. The Labute approximate surface area is 236 Å². The van der Waals surface area contributed by atoms with Crippen LogP contribution in [0.25, 0.3) is 33.5 Å². The Morgan fingerprint density at radius 2 is 1.70 bits per heavy atom. The van der Waals surface area contributed by atoms with Gasteiger partial charge >= 0.3 is 0 Å². The van der Waals surface area contributed by atoms with Crippen molar-refractivity contribution in [1.82, 2.24) is 15.0 Å². The van der Waals surface area contributed by atoms with E-state index in [1.165, 1.54) is 13.8 Å². The van der Waals surface area contributed by atoms with Gasteiger partial charge in [-0.25, -0.2) is 13.4 Å². The highest BCUT2D eigenvalue weighted by atomic mass is 35.5. The van der Waals surface area contributed by atoms with Crippen molar-refractivity contribution in [1.29, 1.82) is 0 Å². The number of nitrogens with zero attached hydrogens (tertiary/aromatic N) is 2. The molecule has 0 spiro atoms. The maximum atomic E-state index is 12.5. The van der Waals surface area contributed by atoms with E-state index >= 15 is 0 Å². The largest absolute Gasteiger partial charge is 0.459 e. The zero-order valence-electron chi connectivity index (χ0n) is 21.9. The van der Waals surface area contributed by atoms with Gasteiger partial charge in [0.05, 0.1) is 51.8 Å².